The fourth-order valence-electron chi connectivity index (χ4n) is 4.02. The Morgan fingerprint density at radius 3 is 2.93 bits per heavy atom. The minimum Gasteiger partial charge on any atom is -0.496 e. The highest BCUT2D eigenvalue weighted by molar-refractivity contribution is 7.11. The summed E-state index contributed by atoms with van der Waals surface area (Å²) in [5.41, 5.74) is 2.03. The Balaban J connectivity index is 1.41. The van der Waals surface area contributed by atoms with E-state index >= 15 is 0 Å². The SMILES string of the molecule is COc1ccccc1Cc1cnc([C@@H]2CCCN(C(=O)Cc3sc(C)nc3C)C2)o1. The lowest BCUT2D eigenvalue weighted by Crippen LogP contribution is -2.40. The number of para-hydroxylation sites is 1. The molecule has 2 aromatic heterocycles. The van der Waals surface area contributed by atoms with Gasteiger partial charge in [-0.15, -0.1) is 11.3 Å². The van der Waals surface area contributed by atoms with Gasteiger partial charge in [0.1, 0.15) is 11.5 Å². The molecular weight excluding hydrogens is 398 g/mol. The molecule has 7 heteroatoms. The summed E-state index contributed by atoms with van der Waals surface area (Å²) in [6.07, 6.45) is 4.80. The molecule has 1 fully saturated rings. The van der Waals surface area contributed by atoms with Gasteiger partial charge in [0.05, 0.1) is 36.3 Å². The van der Waals surface area contributed by atoms with Crippen LogP contribution in [0, 0.1) is 13.8 Å². The van der Waals surface area contributed by atoms with Crippen molar-refractivity contribution in [3.63, 3.8) is 0 Å². The molecule has 1 aliphatic rings. The number of amides is 1. The number of benzene rings is 1. The summed E-state index contributed by atoms with van der Waals surface area (Å²) in [6.45, 7) is 5.40. The number of rotatable bonds is 6. The Morgan fingerprint density at radius 2 is 2.17 bits per heavy atom. The fraction of sp³-hybridized carbons (Fsp3) is 0.435. The molecule has 4 rings (SSSR count). The van der Waals surface area contributed by atoms with Crippen molar-refractivity contribution in [1.29, 1.82) is 0 Å². The van der Waals surface area contributed by atoms with E-state index in [0.717, 1.165) is 57.9 Å². The first-order chi connectivity index (χ1) is 14.5. The molecule has 0 bridgehead atoms. The van der Waals surface area contributed by atoms with Gasteiger partial charge in [0.25, 0.3) is 0 Å². The second kappa shape index (κ2) is 9.00. The number of carbonyl (C=O) groups is 1. The molecule has 1 atom stereocenters. The first-order valence-corrected chi connectivity index (χ1v) is 11.1. The molecule has 3 aromatic rings. The average Bonchev–Trinajstić information content (AvgIpc) is 3.34. The van der Waals surface area contributed by atoms with Gasteiger partial charge in [0.2, 0.25) is 5.91 Å². The van der Waals surface area contributed by atoms with Crippen molar-refractivity contribution < 1.29 is 13.9 Å². The van der Waals surface area contributed by atoms with Gasteiger partial charge in [-0.25, -0.2) is 9.97 Å². The second-order valence-corrected chi connectivity index (χ2v) is 9.04. The van der Waals surface area contributed by atoms with Crippen LogP contribution >= 0.6 is 11.3 Å². The van der Waals surface area contributed by atoms with E-state index in [-0.39, 0.29) is 11.8 Å². The maximum Gasteiger partial charge on any atom is 0.227 e. The maximum atomic E-state index is 12.9. The second-order valence-electron chi connectivity index (χ2n) is 7.75. The molecule has 1 aromatic carbocycles. The van der Waals surface area contributed by atoms with Gasteiger partial charge < -0.3 is 14.1 Å². The number of aromatic nitrogens is 2. The fourth-order valence-corrected chi connectivity index (χ4v) is 4.95. The van der Waals surface area contributed by atoms with Gasteiger partial charge in [-0.05, 0) is 32.8 Å². The molecule has 30 heavy (non-hydrogen) atoms. The van der Waals surface area contributed by atoms with Gasteiger partial charge in [0, 0.05) is 30.0 Å². The maximum absolute atomic E-state index is 12.9. The predicted octanol–water partition coefficient (Wildman–Crippen LogP) is 4.30. The Morgan fingerprint density at radius 1 is 1.33 bits per heavy atom. The van der Waals surface area contributed by atoms with Crippen molar-refractivity contribution in [3.8, 4) is 5.75 Å². The lowest BCUT2D eigenvalue weighted by atomic mass is 9.97. The number of methoxy groups -OCH3 is 1. The summed E-state index contributed by atoms with van der Waals surface area (Å²) >= 11 is 1.61. The van der Waals surface area contributed by atoms with Gasteiger partial charge in [-0.2, -0.15) is 0 Å². The standard InChI is InChI=1S/C23H27N3O3S/c1-15-21(30-16(2)25-15)12-22(27)26-10-6-8-18(14-26)23-24-13-19(29-23)11-17-7-4-5-9-20(17)28-3/h4-5,7,9,13,18H,6,8,10-12,14H2,1-3H3/t18-/m1/s1. The smallest absolute Gasteiger partial charge is 0.227 e. The highest BCUT2D eigenvalue weighted by Crippen LogP contribution is 2.29. The van der Waals surface area contributed by atoms with Gasteiger partial charge in [0.15, 0.2) is 5.89 Å². The van der Waals surface area contributed by atoms with Gasteiger partial charge in [-0.1, -0.05) is 18.2 Å². The quantitative estimate of drug-likeness (QED) is 0.589. The van der Waals surface area contributed by atoms with E-state index in [9.17, 15) is 4.79 Å². The number of ether oxygens (including phenoxy) is 1. The van der Waals surface area contributed by atoms with Crippen molar-refractivity contribution in [3.05, 3.63) is 63.3 Å². The highest BCUT2D eigenvalue weighted by atomic mass is 32.1. The molecule has 158 valence electrons. The molecule has 0 unspecified atom stereocenters. The van der Waals surface area contributed by atoms with Crippen molar-refractivity contribution >= 4 is 17.2 Å². The Labute approximate surface area is 180 Å². The zero-order valence-electron chi connectivity index (χ0n) is 17.7. The topological polar surface area (TPSA) is 68.5 Å². The Kier molecular flexibility index (Phi) is 6.18. The lowest BCUT2D eigenvalue weighted by Gasteiger charge is -2.31. The number of aryl methyl sites for hydroxylation is 2. The molecule has 0 N–H and O–H groups in total. The van der Waals surface area contributed by atoms with Crippen molar-refractivity contribution in [1.82, 2.24) is 14.9 Å². The third kappa shape index (κ3) is 4.56. The number of nitrogens with zero attached hydrogens (tertiary/aromatic N) is 3. The van der Waals surface area contributed by atoms with E-state index in [1.807, 2.05) is 43.0 Å². The zero-order chi connectivity index (χ0) is 21.1. The molecule has 6 nitrogen and oxygen atoms in total. The number of hydrogen-bond donors (Lipinski definition) is 0. The Hall–Kier alpha value is -2.67. The summed E-state index contributed by atoms with van der Waals surface area (Å²) in [4.78, 5) is 24.8. The first kappa shape index (κ1) is 20.6. The molecule has 1 aliphatic heterocycles. The van der Waals surface area contributed by atoms with E-state index < -0.39 is 0 Å². The van der Waals surface area contributed by atoms with Crippen LogP contribution < -0.4 is 4.74 Å². The van der Waals surface area contributed by atoms with Crippen LogP contribution in [0.15, 0.2) is 34.9 Å². The van der Waals surface area contributed by atoms with Crippen LogP contribution in [0.1, 0.15) is 51.6 Å². The van der Waals surface area contributed by atoms with Crippen molar-refractivity contribution in [2.45, 2.75) is 45.4 Å². The lowest BCUT2D eigenvalue weighted by molar-refractivity contribution is -0.131. The van der Waals surface area contributed by atoms with Crippen LogP contribution in [0.25, 0.3) is 0 Å². The summed E-state index contributed by atoms with van der Waals surface area (Å²) < 4.78 is 11.5. The number of oxazole rings is 1. The highest BCUT2D eigenvalue weighted by Gasteiger charge is 2.28. The molecule has 0 spiro atoms. The van der Waals surface area contributed by atoms with Crippen LogP contribution in [0.2, 0.25) is 0 Å². The molecule has 3 heterocycles. The van der Waals surface area contributed by atoms with Crippen LogP contribution in [0.5, 0.6) is 5.75 Å². The minimum atomic E-state index is 0.137. The largest absolute Gasteiger partial charge is 0.496 e. The first-order valence-electron chi connectivity index (χ1n) is 10.3. The van der Waals surface area contributed by atoms with Crippen molar-refractivity contribution in [2.24, 2.45) is 0 Å². The minimum absolute atomic E-state index is 0.137. The molecule has 1 amide bonds. The summed E-state index contributed by atoms with van der Waals surface area (Å²) in [5, 5.41) is 1.01. The van der Waals surface area contributed by atoms with Crippen LogP contribution in [-0.4, -0.2) is 41.0 Å². The predicted molar refractivity (Wildman–Crippen MR) is 116 cm³/mol. The average molecular weight is 426 g/mol. The van der Waals surface area contributed by atoms with E-state index in [0.29, 0.717) is 19.4 Å². The zero-order valence-corrected chi connectivity index (χ0v) is 18.5. The molecule has 0 aliphatic carbocycles. The molecule has 1 saturated heterocycles. The van der Waals surface area contributed by atoms with Crippen LogP contribution in [0.3, 0.4) is 0 Å². The Bertz CT molecular complexity index is 1030. The van der Waals surface area contributed by atoms with Gasteiger partial charge >= 0.3 is 0 Å². The van der Waals surface area contributed by atoms with E-state index in [1.165, 1.54) is 0 Å². The summed E-state index contributed by atoms with van der Waals surface area (Å²) in [5.74, 6) is 2.68. The van der Waals surface area contributed by atoms with Crippen LogP contribution in [-0.2, 0) is 17.6 Å². The third-order valence-electron chi connectivity index (χ3n) is 5.56. The van der Waals surface area contributed by atoms with E-state index in [4.69, 9.17) is 9.15 Å². The number of likely N-dealkylation sites (tertiary alicyclic amines) is 1. The number of hydrogen-bond acceptors (Lipinski definition) is 6. The molecule has 0 radical (unpaired) electrons. The molecule has 0 saturated carbocycles. The normalized spacial score (nSPS) is 16.6. The third-order valence-corrected chi connectivity index (χ3v) is 6.64. The summed E-state index contributed by atoms with van der Waals surface area (Å²) in [7, 11) is 1.67. The van der Waals surface area contributed by atoms with E-state index in [1.54, 1.807) is 24.6 Å². The molecular formula is C23H27N3O3S. The van der Waals surface area contributed by atoms with Crippen molar-refractivity contribution in [2.75, 3.05) is 20.2 Å². The monoisotopic (exact) mass is 425 g/mol. The number of carbonyl (C=O) groups excluding carboxylic acids is 1. The van der Waals surface area contributed by atoms with E-state index in [2.05, 4.69) is 9.97 Å². The number of piperidine rings is 1. The summed E-state index contributed by atoms with van der Waals surface area (Å²) in [6, 6.07) is 7.93. The van der Waals surface area contributed by atoms with Gasteiger partial charge in [-0.3, -0.25) is 4.79 Å². The number of thiazole rings is 1. The van der Waals surface area contributed by atoms with Crippen LogP contribution in [0.4, 0.5) is 0 Å².